The number of hydrogen-bond acceptors (Lipinski definition) is 4. The molecule has 118 valence electrons. The van der Waals surface area contributed by atoms with Crippen molar-refractivity contribution in [1.82, 2.24) is 15.6 Å². The number of nitrogens with zero attached hydrogens (tertiary/aromatic N) is 1. The van der Waals surface area contributed by atoms with Gasteiger partial charge >= 0.3 is 6.09 Å². The molecule has 0 aliphatic rings. The maximum atomic E-state index is 11.7. The van der Waals surface area contributed by atoms with E-state index in [0.717, 1.165) is 12.1 Å². The second kappa shape index (κ2) is 7.98. The maximum absolute atomic E-state index is 11.7. The molecule has 2 N–H and O–H groups in total. The van der Waals surface area contributed by atoms with Crippen molar-refractivity contribution in [2.45, 2.75) is 52.8 Å². The van der Waals surface area contributed by atoms with Gasteiger partial charge in [0, 0.05) is 31.5 Å². The average Bonchev–Trinajstić information content (AvgIpc) is 2.37. The van der Waals surface area contributed by atoms with E-state index in [0.29, 0.717) is 12.5 Å². The number of hydrogen-bond donors (Lipinski definition) is 2. The van der Waals surface area contributed by atoms with Gasteiger partial charge in [0.25, 0.3) is 0 Å². The molecule has 0 aliphatic heterocycles. The number of nitrogens with one attached hydrogen (secondary N) is 2. The normalized spacial score (nSPS) is 13.0. The Morgan fingerprint density at radius 2 is 2.10 bits per heavy atom. The molecule has 0 saturated heterocycles. The minimum absolute atomic E-state index is 0.178. The summed E-state index contributed by atoms with van der Waals surface area (Å²) in [5, 5.41) is 6.26. The van der Waals surface area contributed by atoms with Gasteiger partial charge in [-0.2, -0.15) is 0 Å². The zero-order chi connectivity index (χ0) is 15.9. The molecule has 1 unspecified atom stereocenters. The van der Waals surface area contributed by atoms with Crippen LogP contribution in [-0.4, -0.2) is 29.3 Å². The van der Waals surface area contributed by atoms with E-state index in [4.69, 9.17) is 4.74 Å². The quantitative estimate of drug-likeness (QED) is 0.846. The molecule has 0 saturated carbocycles. The predicted molar refractivity (Wildman–Crippen MR) is 83.9 cm³/mol. The number of aromatic nitrogens is 1. The fraction of sp³-hybridized carbons (Fsp3) is 0.625. The van der Waals surface area contributed by atoms with E-state index >= 15 is 0 Å². The van der Waals surface area contributed by atoms with Gasteiger partial charge in [0.1, 0.15) is 5.60 Å². The third kappa shape index (κ3) is 7.66. The SMILES string of the molecule is CC(C)C(CNC(=O)OC(C)(C)C)NCc1cccnc1. The molecule has 0 bridgehead atoms. The van der Waals surface area contributed by atoms with Crippen LogP contribution in [0.3, 0.4) is 0 Å². The predicted octanol–water partition coefficient (Wildman–Crippen LogP) is 2.72. The van der Waals surface area contributed by atoms with Crippen molar-refractivity contribution >= 4 is 6.09 Å². The third-order valence-electron chi connectivity index (χ3n) is 2.96. The van der Waals surface area contributed by atoms with Crippen molar-refractivity contribution in [2.75, 3.05) is 6.54 Å². The molecule has 1 heterocycles. The van der Waals surface area contributed by atoms with Gasteiger partial charge in [0.05, 0.1) is 0 Å². The Bertz CT molecular complexity index is 427. The van der Waals surface area contributed by atoms with Crippen molar-refractivity contribution in [2.24, 2.45) is 5.92 Å². The van der Waals surface area contributed by atoms with Crippen LogP contribution in [0.25, 0.3) is 0 Å². The van der Waals surface area contributed by atoms with Gasteiger partial charge in [-0.1, -0.05) is 19.9 Å². The summed E-state index contributed by atoms with van der Waals surface area (Å²) in [4.78, 5) is 15.8. The second-order valence-electron chi connectivity index (χ2n) is 6.48. The smallest absolute Gasteiger partial charge is 0.407 e. The summed E-state index contributed by atoms with van der Waals surface area (Å²) in [6, 6.07) is 4.12. The van der Waals surface area contributed by atoms with Crippen LogP contribution in [0.2, 0.25) is 0 Å². The molecule has 1 amide bonds. The van der Waals surface area contributed by atoms with Crippen LogP contribution in [0.5, 0.6) is 0 Å². The van der Waals surface area contributed by atoms with Gasteiger partial charge < -0.3 is 15.4 Å². The lowest BCUT2D eigenvalue weighted by atomic mass is 10.0. The Kier molecular flexibility index (Phi) is 6.62. The van der Waals surface area contributed by atoms with Gasteiger partial charge in [-0.25, -0.2) is 4.79 Å². The highest BCUT2D eigenvalue weighted by molar-refractivity contribution is 5.67. The summed E-state index contributed by atoms with van der Waals surface area (Å²) < 4.78 is 5.24. The average molecular weight is 293 g/mol. The lowest BCUT2D eigenvalue weighted by Crippen LogP contribution is -2.45. The van der Waals surface area contributed by atoms with Crippen LogP contribution in [0.15, 0.2) is 24.5 Å². The van der Waals surface area contributed by atoms with Gasteiger partial charge in [-0.05, 0) is 38.3 Å². The Balaban J connectivity index is 2.42. The van der Waals surface area contributed by atoms with Gasteiger partial charge in [0.2, 0.25) is 0 Å². The Hall–Kier alpha value is -1.62. The van der Waals surface area contributed by atoms with Crippen molar-refractivity contribution in [1.29, 1.82) is 0 Å². The van der Waals surface area contributed by atoms with E-state index in [-0.39, 0.29) is 12.1 Å². The van der Waals surface area contributed by atoms with E-state index in [1.54, 1.807) is 6.20 Å². The van der Waals surface area contributed by atoms with Gasteiger partial charge in [0.15, 0.2) is 0 Å². The van der Waals surface area contributed by atoms with Crippen molar-refractivity contribution in [3.63, 3.8) is 0 Å². The number of amides is 1. The summed E-state index contributed by atoms with van der Waals surface area (Å²) in [6.45, 7) is 11.1. The number of carbonyl (C=O) groups excluding carboxylic acids is 1. The zero-order valence-electron chi connectivity index (χ0n) is 13.6. The van der Waals surface area contributed by atoms with Crippen LogP contribution in [0, 0.1) is 5.92 Å². The van der Waals surface area contributed by atoms with E-state index in [9.17, 15) is 4.79 Å². The monoisotopic (exact) mass is 293 g/mol. The minimum atomic E-state index is -0.472. The summed E-state index contributed by atoms with van der Waals surface area (Å²) in [5.74, 6) is 0.400. The summed E-state index contributed by atoms with van der Waals surface area (Å²) in [7, 11) is 0. The molecule has 5 nitrogen and oxygen atoms in total. The van der Waals surface area contributed by atoms with Crippen molar-refractivity contribution in [3.05, 3.63) is 30.1 Å². The van der Waals surface area contributed by atoms with E-state index in [1.165, 1.54) is 0 Å². The first kappa shape index (κ1) is 17.4. The minimum Gasteiger partial charge on any atom is -0.444 e. The number of rotatable bonds is 6. The number of ether oxygens (including phenoxy) is 1. The zero-order valence-corrected chi connectivity index (χ0v) is 13.6. The molecule has 0 aromatic carbocycles. The molecule has 21 heavy (non-hydrogen) atoms. The van der Waals surface area contributed by atoms with Crippen molar-refractivity contribution in [3.8, 4) is 0 Å². The molecule has 1 atom stereocenters. The fourth-order valence-corrected chi connectivity index (χ4v) is 1.80. The molecule has 0 spiro atoms. The summed E-state index contributed by atoms with van der Waals surface area (Å²) >= 11 is 0. The highest BCUT2D eigenvalue weighted by atomic mass is 16.6. The second-order valence-corrected chi connectivity index (χ2v) is 6.48. The number of pyridine rings is 1. The molecule has 1 aromatic rings. The highest BCUT2D eigenvalue weighted by Crippen LogP contribution is 2.07. The molecular weight excluding hydrogens is 266 g/mol. The largest absolute Gasteiger partial charge is 0.444 e. The first-order valence-corrected chi connectivity index (χ1v) is 7.37. The van der Waals surface area contributed by atoms with Crippen LogP contribution in [0.1, 0.15) is 40.2 Å². The third-order valence-corrected chi connectivity index (χ3v) is 2.96. The summed E-state index contributed by atoms with van der Waals surface area (Å²) in [6.07, 6.45) is 3.22. The Morgan fingerprint density at radius 3 is 2.62 bits per heavy atom. The van der Waals surface area contributed by atoms with Crippen LogP contribution in [0.4, 0.5) is 4.79 Å². The topological polar surface area (TPSA) is 63.2 Å². The fourth-order valence-electron chi connectivity index (χ4n) is 1.80. The highest BCUT2D eigenvalue weighted by Gasteiger charge is 2.18. The molecule has 1 aromatic heterocycles. The van der Waals surface area contributed by atoms with Crippen LogP contribution >= 0.6 is 0 Å². The maximum Gasteiger partial charge on any atom is 0.407 e. The summed E-state index contributed by atoms with van der Waals surface area (Å²) in [5.41, 5.74) is 0.654. The molecule has 5 heteroatoms. The molecule has 1 rings (SSSR count). The van der Waals surface area contributed by atoms with Crippen LogP contribution < -0.4 is 10.6 Å². The van der Waals surface area contributed by atoms with Crippen LogP contribution in [-0.2, 0) is 11.3 Å². The molecule has 0 fully saturated rings. The Labute approximate surface area is 127 Å². The van der Waals surface area contributed by atoms with Crippen molar-refractivity contribution < 1.29 is 9.53 Å². The first-order chi connectivity index (χ1) is 9.78. The van der Waals surface area contributed by atoms with Gasteiger partial charge in [-0.3, -0.25) is 4.98 Å². The first-order valence-electron chi connectivity index (χ1n) is 7.37. The number of carbonyl (C=O) groups is 1. The van der Waals surface area contributed by atoms with E-state index in [2.05, 4.69) is 29.5 Å². The van der Waals surface area contributed by atoms with E-state index in [1.807, 2.05) is 39.1 Å². The number of alkyl carbamates (subject to hydrolysis) is 1. The molecular formula is C16H27N3O2. The standard InChI is InChI=1S/C16H27N3O2/c1-12(2)14(11-19-15(20)21-16(3,4)5)18-10-13-7-6-8-17-9-13/h6-9,12,14,18H,10-11H2,1-5H3,(H,19,20). The Morgan fingerprint density at radius 1 is 1.38 bits per heavy atom. The molecule has 0 radical (unpaired) electrons. The van der Waals surface area contributed by atoms with E-state index < -0.39 is 5.60 Å². The lowest BCUT2D eigenvalue weighted by molar-refractivity contribution is 0.0519. The molecule has 0 aliphatic carbocycles. The van der Waals surface area contributed by atoms with Gasteiger partial charge in [-0.15, -0.1) is 0 Å². The lowest BCUT2D eigenvalue weighted by Gasteiger charge is -2.25.